The van der Waals surface area contributed by atoms with E-state index in [2.05, 4.69) is 15.3 Å². The van der Waals surface area contributed by atoms with Crippen molar-refractivity contribution in [3.63, 3.8) is 0 Å². The minimum Gasteiger partial charge on any atom is -0.493 e. The fourth-order valence-electron chi connectivity index (χ4n) is 2.91. The minimum absolute atomic E-state index is 0.0230. The highest BCUT2D eigenvalue weighted by atomic mass is 35.5. The summed E-state index contributed by atoms with van der Waals surface area (Å²) in [4.78, 5) is 20.8. The third-order valence-electron chi connectivity index (χ3n) is 5.03. The molecule has 1 fully saturated rings. The molecule has 0 spiro atoms. The average Bonchev–Trinajstić information content (AvgIpc) is 3.48. The molecule has 1 aromatic carbocycles. The van der Waals surface area contributed by atoms with Gasteiger partial charge in [-0.1, -0.05) is 18.5 Å². The molecule has 4 rings (SSSR count). The molecule has 2 aromatic heterocycles. The molecule has 150 valence electrons. The van der Waals surface area contributed by atoms with Crippen molar-refractivity contribution in [2.45, 2.75) is 19.8 Å². The molecular weight excluding hydrogens is 394 g/mol. The van der Waals surface area contributed by atoms with Gasteiger partial charge in [0, 0.05) is 23.1 Å². The zero-order valence-electron chi connectivity index (χ0n) is 16.3. The van der Waals surface area contributed by atoms with Crippen LogP contribution in [0, 0.1) is 5.41 Å². The van der Waals surface area contributed by atoms with E-state index in [1.807, 2.05) is 6.92 Å². The number of aromatic nitrogens is 2. The molecule has 1 saturated carbocycles. The topological polar surface area (TPSA) is 82.6 Å². The first-order valence-electron chi connectivity index (χ1n) is 9.09. The van der Waals surface area contributed by atoms with Crippen molar-refractivity contribution < 1.29 is 19.0 Å². The summed E-state index contributed by atoms with van der Waals surface area (Å²) >= 11 is 6.35. The van der Waals surface area contributed by atoms with Crippen LogP contribution in [0.15, 0.2) is 36.7 Å². The number of hydrogen-bond donors (Lipinski definition) is 1. The predicted octanol–water partition coefficient (Wildman–Crippen LogP) is 4.83. The largest absolute Gasteiger partial charge is 0.493 e. The van der Waals surface area contributed by atoms with Crippen LogP contribution in [-0.4, -0.2) is 30.1 Å². The van der Waals surface area contributed by atoms with Gasteiger partial charge in [-0.2, -0.15) is 0 Å². The number of pyridine rings is 2. The Morgan fingerprint density at radius 3 is 2.48 bits per heavy atom. The summed E-state index contributed by atoms with van der Waals surface area (Å²) in [5, 5.41) is 3.86. The monoisotopic (exact) mass is 413 g/mol. The smallest absolute Gasteiger partial charge is 0.238 e. The van der Waals surface area contributed by atoms with Gasteiger partial charge in [-0.05, 0) is 31.0 Å². The number of amides is 1. The molecule has 0 atom stereocenters. The van der Waals surface area contributed by atoms with Gasteiger partial charge in [-0.3, -0.25) is 9.78 Å². The number of ether oxygens (including phenoxy) is 3. The van der Waals surface area contributed by atoms with Gasteiger partial charge in [-0.25, -0.2) is 4.98 Å². The van der Waals surface area contributed by atoms with E-state index in [-0.39, 0.29) is 22.2 Å². The minimum atomic E-state index is -0.280. The van der Waals surface area contributed by atoms with Crippen molar-refractivity contribution in [1.82, 2.24) is 9.97 Å². The fourth-order valence-corrected chi connectivity index (χ4v) is 3.11. The van der Waals surface area contributed by atoms with Gasteiger partial charge < -0.3 is 19.5 Å². The van der Waals surface area contributed by atoms with Crippen LogP contribution in [0.2, 0.25) is 5.02 Å². The van der Waals surface area contributed by atoms with Gasteiger partial charge in [0.25, 0.3) is 0 Å². The third-order valence-corrected chi connectivity index (χ3v) is 5.30. The Morgan fingerprint density at radius 1 is 1.10 bits per heavy atom. The lowest BCUT2D eigenvalue weighted by atomic mass is 10.1. The molecular formula is C21H20ClN3O4. The Labute approximate surface area is 173 Å². The maximum Gasteiger partial charge on any atom is 0.238 e. The summed E-state index contributed by atoms with van der Waals surface area (Å²) in [6, 6.07) is 6.90. The molecule has 29 heavy (non-hydrogen) atoms. The third kappa shape index (κ3) is 3.78. The molecule has 1 N–H and O–H groups in total. The second-order valence-electron chi connectivity index (χ2n) is 7.16. The summed E-state index contributed by atoms with van der Waals surface area (Å²) in [5.74, 6) is 1.86. The molecule has 8 heteroatoms. The van der Waals surface area contributed by atoms with E-state index in [9.17, 15) is 4.79 Å². The molecule has 1 aliphatic carbocycles. The van der Waals surface area contributed by atoms with E-state index in [1.54, 1.807) is 44.7 Å². The van der Waals surface area contributed by atoms with Crippen molar-refractivity contribution in [2.75, 3.05) is 19.5 Å². The summed E-state index contributed by atoms with van der Waals surface area (Å²) in [5.41, 5.74) is 0.932. The molecule has 7 nitrogen and oxygen atoms in total. The zero-order valence-corrected chi connectivity index (χ0v) is 17.0. The van der Waals surface area contributed by atoms with Crippen LogP contribution >= 0.6 is 11.6 Å². The first kappa shape index (κ1) is 19.3. The number of carbonyl (C=O) groups is 1. The highest BCUT2D eigenvalue weighted by Crippen LogP contribution is 2.46. The Morgan fingerprint density at radius 2 is 1.83 bits per heavy atom. The quantitative estimate of drug-likeness (QED) is 0.623. The Hall–Kier alpha value is -3.06. The van der Waals surface area contributed by atoms with E-state index in [0.717, 1.165) is 18.2 Å². The summed E-state index contributed by atoms with van der Waals surface area (Å²) < 4.78 is 16.6. The fraction of sp³-hybridized carbons (Fsp3) is 0.286. The van der Waals surface area contributed by atoms with Crippen molar-refractivity contribution in [2.24, 2.45) is 5.41 Å². The van der Waals surface area contributed by atoms with E-state index < -0.39 is 0 Å². The number of rotatable bonds is 6. The molecule has 1 amide bonds. The number of benzene rings is 1. The number of anilines is 1. The SMILES string of the molecule is COc1cc2nccc(Oc3ncc(NC(=O)C4(C)CC4)cc3Cl)c2cc1OC. The summed E-state index contributed by atoms with van der Waals surface area (Å²) in [7, 11) is 3.13. The number of nitrogens with one attached hydrogen (secondary N) is 1. The van der Waals surface area contributed by atoms with E-state index in [1.165, 1.54) is 6.20 Å². The van der Waals surface area contributed by atoms with Crippen LogP contribution in [0.4, 0.5) is 5.69 Å². The Kier molecular flexibility index (Phi) is 4.92. The van der Waals surface area contributed by atoms with Gasteiger partial charge in [0.2, 0.25) is 11.8 Å². The lowest BCUT2D eigenvalue weighted by molar-refractivity contribution is -0.120. The van der Waals surface area contributed by atoms with Gasteiger partial charge in [0.15, 0.2) is 11.5 Å². The van der Waals surface area contributed by atoms with Crippen molar-refractivity contribution in [3.05, 3.63) is 41.7 Å². The summed E-state index contributed by atoms with van der Waals surface area (Å²) in [6.07, 6.45) is 4.94. The van der Waals surface area contributed by atoms with Gasteiger partial charge in [-0.15, -0.1) is 0 Å². The second-order valence-corrected chi connectivity index (χ2v) is 7.57. The number of carbonyl (C=O) groups excluding carboxylic acids is 1. The molecule has 3 aromatic rings. The van der Waals surface area contributed by atoms with Crippen molar-refractivity contribution >= 4 is 34.1 Å². The maximum absolute atomic E-state index is 12.2. The number of fused-ring (bicyclic) bond motifs is 1. The molecule has 0 unspecified atom stereocenters. The molecule has 0 bridgehead atoms. The van der Waals surface area contributed by atoms with Crippen LogP contribution in [-0.2, 0) is 4.79 Å². The Balaban J connectivity index is 1.62. The van der Waals surface area contributed by atoms with Gasteiger partial charge in [0.1, 0.15) is 10.8 Å². The highest BCUT2D eigenvalue weighted by molar-refractivity contribution is 6.32. The number of hydrogen-bond acceptors (Lipinski definition) is 6. The van der Waals surface area contributed by atoms with E-state index in [0.29, 0.717) is 28.5 Å². The van der Waals surface area contributed by atoms with Gasteiger partial charge in [0.05, 0.1) is 31.6 Å². The number of nitrogens with zero attached hydrogens (tertiary/aromatic N) is 2. The lowest BCUT2D eigenvalue weighted by Crippen LogP contribution is -2.21. The zero-order chi connectivity index (χ0) is 20.6. The number of methoxy groups -OCH3 is 2. The van der Waals surface area contributed by atoms with Crippen LogP contribution in [0.1, 0.15) is 19.8 Å². The predicted molar refractivity (Wildman–Crippen MR) is 110 cm³/mol. The molecule has 1 aliphatic rings. The molecule has 0 aliphatic heterocycles. The van der Waals surface area contributed by atoms with Crippen LogP contribution in [0.5, 0.6) is 23.1 Å². The summed E-state index contributed by atoms with van der Waals surface area (Å²) in [6.45, 7) is 1.94. The maximum atomic E-state index is 12.2. The number of halogens is 1. The Bertz CT molecular complexity index is 1100. The first-order chi connectivity index (χ1) is 13.9. The van der Waals surface area contributed by atoms with E-state index >= 15 is 0 Å². The average molecular weight is 414 g/mol. The molecule has 2 heterocycles. The first-order valence-corrected chi connectivity index (χ1v) is 9.47. The standard InChI is InChI=1S/C21H20ClN3O4/c1-21(5-6-21)20(26)25-12-8-14(22)19(24-11-12)29-16-4-7-23-15-10-18(28-3)17(27-2)9-13(15)16/h4,7-11H,5-6H2,1-3H3,(H,25,26). The molecule has 0 radical (unpaired) electrons. The van der Waals surface area contributed by atoms with Crippen LogP contribution in [0.3, 0.4) is 0 Å². The van der Waals surface area contributed by atoms with E-state index in [4.69, 9.17) is 25.8 Å². The van der Waals surface area contributed by atoms with Crippen LogP contribution < -0.4 is 19.5 Å². The van der Waals surface area contributed by atoms with Crippen molar-refractivity contribution in [3.8, 4) is 23.1 Å². The highest BCUT2D eigenvalue weighted by Gasteiger charge is 2.44. The van der Waals surface area contributed by atoms with Gasteiger partial charge >= 0.3 is 0 Å². The lowest BCUT2D eigenvalue weighted by Gasteiger charge is -2.13. The van der Waals surface area contributed by atoms with Crippen molar-refractivity contribution in [1.29, 1.82) is 0 Å². The van der Waals surface area contributed by atoms with Crippen LogP contribution in [0.25, 0.3) is 10.9 Å². The normalized spacial score (nSPS) is 14.3. The second kappa shape index (κ2) is 7.40. The molecule has 0 saturated heterocycles.